The number of alkyl halides is 1. The van der Waals surface area contributed by atoms with Crippen LogP contribution in [0.2, 0.25) is 0 Å². The summed E-state index contributed by atoms with van der Waals surface area (Å²) in [5.74, 6) is 0.660. The van der Waals surface area contributed by atoms with E-state index >= 15 is 0 Å². The van der Waals surface area contributed by atoms with Gasteiger partial charge in [0, 0.05) is 29.0 Å². The van der Waals surface area contributed by atoms with Gasteiger partial charge in [-0.15, -0.1) is 16.5 Å². The van der Waals surface area contributed by atoms with Gasteiger partial charge in [-0.05, 0) is 42.8 Å². The van der Waals surface area contributed by atoms with Crippen molar-refractivity contribution in [1.29, 1.82) is 0 Å². The molecule has 16 heavy (non-hydrogen) atoms. The van der Waals surface area contributed by atoms with Crippen LogP contribution in [-0.2, 0) is 6.54 Å². The Morgan fingerprint density at radius 3 is 2.88 bits per heavy atom. The largest absolute Gasteiger partial charge is 0.345 e. The first-order valence-corrected chi connectivity index (χ1v) is 5.79. The van der Waals surface area contributed by atoms with E-state index in [4.69, 9.17) is 11.6 Å². The number of hydrogen-bond acceptors (Lipinski definition) is 2. The number of rotatable bonds is 4. The molecule has 0 atom stereocenters. The number of benzene rings is 1. The molecule has 0 saturated heterocycles. The summed E-state index contributed by atoms with van der Waals surface area (Å²) >= 11 is 5.70. The van der Waals surface area contributed by atoms with Gasteiger partial charge in [-0.3, -0.25) is 0 Å². The Balaban J connectivity index is 2.48. The summed E-state index contributed by atoms with van der Waals surface area (Å²) in [5, 5.41) is 4.00. The topological polar surface area (TPSA) is 34.4 Å². The highest BCUT2D eigenvalue weighted by atomic mass is 35.5. The van der Waals surface area contributed by atoms with Crippen molar-refractivity contribution in [3.05, 3.63) is 34.9 Å². The van der Waals surface area contributed by atoms with E-state index in [1.807, 2.05) is 12.1 Å². The lowest BCUT2D eigenvalue weighted by atomic mass is 10.2. The maximum absolute atomic E-state index is 10.4. The molecule has 0 spiro atoms. The fourth-order valence-corrected chi connectivity index (χ4v) is 2.09. The molecule has 1 aromatic carbocycles. The number of halogens is 1. The molecule has 0 bridgehead atoms. The van der Waals surface area contributed by atoms with E-state index in [0.717, 1.165) is 23.9 Å². The summed E-state index contributed by atoms with van der Waals surface area (Å²) in [6.07, 6.45) is 0.944. The smallest absolute Gasteiger partial charge is 0.108 e. The van der Waals surface area contributed by atoms with Gasteiger partial charge >= 0.3 is 0 Å². The van der Waals surface area contributed by atoms with Gasteiger partial charge < -0.3 is 4.57 Å². The van der Waals surface area contributed by atoms with Crippen LogP contribution in [-0.4, -0.2) is 10.4 Å². The van der Waals surface area contributed by atoms with Crippen molar-refractivity contribution in [2.24, 2.45) is 5.18 Å². The quantitative estimate of drug-likeness (QED) is 0.584. The number of aryl methyl sites for hydroxylation is 2. The third-order valence-electron chi connectivity index (χ3n) is 2.71. The van der Waals surface area contributed by atoms with Crippen molar-refractivity contribution in [1.82, 2.24) is 4.57 Å². The number of hydrogen-bond donors (Lipinski definition) is 0. The number of nitrogens with zero attached hydrogens (tertiary/aromatic N) is 2. The first kappa shape index (κ1) is 11.1. The zero-order valence-electron chi connectivity index (χ0n) is 9.11. The highest BCUT2D eigenvalue weighted by molar-refractivity contribution is 6.17. The predicted octanol–water partition coefficient (Wildman–Crippen LogP) is 3.98. The molecule has 3 nitrogen and oxygen atoms in total. The number of nitroso groups, excluding NO2 is 1. The van der Waals surface area contributed by atoms with Gasteiger partial charge in [-0.25, -0.2) is 0 Å². The molecule has 1 heterocycles. The summed E-state index contributed by atoms with van der Waals surface area (Å²) in [4.78, 5) is 10.4. The fraction of sp³-hybridized carbons (Fsp3) is 0.333. The van der Waals surface area contributed by atoms with E-state index in [1.165, 1.54) is 5.69 Å². The molecule has 2 aromatic rings. The van der Waals surface area contributed by atoms with E-state index in [1.54, 1.807) is 6.07 Å². The third kappa shape index (κ3) is 1.95. The maximum Gasteiger partial charge on any atom is 0.108 e. The Morgan fingerprint density at radius 2 is 2.19 bits per heavy atom. The lowest BCUT2D eigenvalue weighted by molar-refractivity contribution is 0.689. The zero-order chi connectivity index (χ0) is 11.5. The molecular weight excluding hydrogens is 224 g/mol. The molecule has 4 heteroatoms. The van der Waals surface area contributed by atoms with Crippen LogP contribution in [0.5, 0.6) is 0 Å². The van der Waals surface area contributed by atoms with Crippen LogP contribution in [0.15, 0.2) is 29.4 Å². The molecule has 0 aliphatic heterocycles. The molecule has 0 aliphatic rings. The van der Waals surface area contributed by atoms with Crippen LogP contribution in [0.4, 0.5) is 5.69 Å². The summed E-state index contributed by atoms with van der Waals surface area (Å²) in [6.45, 7) is 2.97. The van der Waals surface area contributed by atoms with Crippen LogP contribution >= 0.6 is 11.6 Å². The maximum atomic E-state index is 10.4. The fourth-order valence-electron chi connectivity index (χ4n) is 1.97. The highest BCUT2D eigenvalue weighted by Gasteiger charge is 2.05. The summed E-state index contributed by atoms with van der Waals surface area (Å²) in [6, 6.07) is 7.56. The van der Waals surface area contributed by atoms with Crippen molar-refractivity contribution < 1.29 is 0 Å². The Kier molecular flexibility index (Phi) is 3.25. The van der Waals surface area contributed by atoms with Gasteiger partial charge in [0.15, 0.2) is 0 Å². The SMILES string of the molecule is Cc1cc2cc(N=O)ccc2n1CCCCl. The van der Waals surface area contributed by atoms with Crippen molar-refractivity contribution in [2.45, 2.75) is 19.9 Å². The second-order valence-corrected chi connectivity index (χ2v) is 4.19. The monoisotopic (exact) mass is 236 g/mol. The van der Waals surface area contributed by atoms with Gasteiger partial charge in [-0.2, -0.15) is 0 Å². The normalized spacial score (nSPS) is 10.9. The van der Waals surface area contributed by atoms with Crippen LogP contribution in [0.1, 0.15) is 12.1 Å². The van der Waals surface area contributed by atoms with Crippen molar-refractivity contribution >= 4 is 28.2 Å². The van der Waals surface area contributed by atoms with Crippen LogP contribution in [0.25, 0.3) is 10.9 Å². The van der Waals surface area contributed by atoms with Crippen molar-refractivity contribution in [3.63, 3.8) is 0 Å². The summed E-state index contributed by atoms with van der Waals surface area (Å²) < 4.78 is 2.21. The average molecular weight is 237 g/mol. The molecule has 2 rings (SSSR count). The first-order chi connectivity index (χ1) is 7.76. The molecule has 0 fully saturated rings. The third-order valence-corrected chi connectivity index (χ3v) is 2.98. The molecular formula is C12H13ClN2O. The number of aromatic nitrogens is 1. The zero-order valence-corrected chi connectivity index (χ0v) is 9.87. The molecule has 0 radical (unpaired) electrons. The molecule has 0 aliphatic carbocycles. The lowest BCUT2D eigenvalue weighted by Crippen LogP contribution is -2.00. The van der Waals surface area contributed by atoms with Gasteiger partial charge in [0.25, 0.3) is 0 Å². The average Bonchev–Trinajstić information content (AvgIpc) is 2.61. The van der Waals surface area contributed by atoms with Gasteiger partial charge in [0.2, 0.25) is 0 Å². The summed E-state index contributed by atoms with van der Waals surface area (Å²) in [5.41, 5.74) is 2.79. The van der Waals surface area contributed by atoms with E-state index in [9.17, 15) is 4.91 Å². The highest BCUT2D eigenvalue weighted by Crippen LogP contribution is 2.24. The van der Waals surface area contributed by atoms with Gasteiger partial charge in [-0.1, -0.05) is 0 Å². The Morgan fingerprint density at radius 1 is 1.38 bits per heavy atom. The predicted molar refractivity (Wildman–Crippen MR) is 67.5 cm³/mol. The minimum Gasteiger partial charge on any atom is -0.345 e. The van der Waals surface area contributed by atoms with Gasteiger partial charge in [0.1, 0.15) is 5.69 Å². The van der Waals surface area contributed by atoms with E-state index in [2.05, 4.69) is 22.7 Å². The second kappa shape index (κ2) is 4.66. The van der Waals surface area contributed by atoms with Gasteiger partial charge in [0.05, 0.1) is 0 Å². The molecule has 0 unspecified atom stereocenters. The van der Waals surface area contributed by atoms with Crippen molar-refractivity contribution in [3.8, 4) is 0 Å². The van der Waals surface area contributed by atoms with Crippen molar-refractivity contribution in [2.75, 3.05) is 5.88 Å². The van der Waals surface area contributed by atoms with E-state index in [-0.39, 0.29) is 0 Å². The molecule has 1 aromatic heterocycles. The minimum atomic E-state index is 0.474. The van der Waals surface area contributed by atoms with E-state index in [0.29, 0.717) is 11.6 Å². The minimum absolute atomic E-state index is 0.474. The Bertz CT molecular complexity index is 519. The van der Waals surface area contributed by atoms with Crippen LogP contribution in [0, 0.1) is 11.8 Å². The second-order valence-electron chi connectivity index (χ2n) is 3.81. The Hall–Kier alpha value is -1.35. The molecule has 84 valence electrons. The summed E-state index contributed by atoms with van der Waals surface area (Å²) in [7, 11) is 0. The molecule has 0 amide bonds. The molecule has 0 N–H and O–H groups in total. The Labute approximate surface area is 99.0 Å². The standard InChI is InChI=1S/C12H13ClN2O/c1-9-7-10-8-11(14-16)3-4-12(10)15(9)6-2-5-13/h3-4,7-8H,2,5-6H2,1H3. The molecule has 0 saturated carbocycles. The number of fused-ring (bicyclic) bond motifs is 1. The first-order valence-electron chi connectivity index (χ1n) is 5.25. The lowest BCUT2D eigenvalue weighted by Gasteiger charge is -2.06. The van der Waals surface area contributed by atoms with E-state index < -0.39 is 0 Å². The van der Waals surface area contributed by atoms with Crippen LogP contribution in [0.3, 0.4) is 0 Å². The van der Waals surface area contributed by atoms with Crippen LogP contribution < -0.4 is 0 Å².